The fraction of sp³-hybridized carbons (Fsp3) is 0.636. The molecule has 0 radical (unpaired) electrons. The highest BCUT2D eigenvalue weighted by Crippen LogP contribution is 1.94. The molecule has 0 aliphatic rings. The van der Waals surface area contributed by atoms with E-state index in [1.54, 1.807) is 6.92 Å². The van der Waals surface area contributed by atoms with Gasteiger partial charge in [-0.1, -0.05) is 0 Å². The van der Waals surface area contributed by atoms with Gasteiger partial charge in [0.1, 0.15) is 0 Å². The quantitative estimate of drug-likeness (QED) is 0.432. The van der Waals surface area contributed by atoms with Gasteiger partial charge in [-0.3, -0.25) is 0 Å². The highest BCUT2D eigenvalue weighted by molar-refractivity contribution is 6.02. The molecule has 0 aromatic carbocycles. The number of rotatable bonds is 5. The summed E-state index contributed by atoms with van der Waals surface area (Å²) in [6.45, 7) is 8.88. The Morgan fingerprint density at radius 2 is 1.29 bits per heavy atom. The highest BCUT2D eigenvalue weighted by Gasteiger charge is 2.01. The van der Waals surface area contributed by atoms with Crippen molar-refractivity contribution < 1.29 is 10.2 Å². The summed E-state index contributed by atoms with van der Waals surface area (Å²) in [5.41, 5.74) is 2.60. The highest BCUT2D eigenvalue weighted by atomic mass is 16.5. The van der Waals surface area contributed by atoms with E-state index in [4.69, 9.17) is 10.2 Å². The lowest BCUT2D eigenvalue weighted by atomic mass is 10.2. The number of hydrogen-bond donors (Lipinski definition) is 2. The van der Waals surface area contributed by atoms with E-state index in [1.165, 1.54) is 6.92 Å². The van der Waals surface area contributed by atoms with E-state index in [-0.39, 0.29) is 5.71 Å². The Bertz CT molecular complexity index is 364. The van der Waals surface area contributed by atoms with Gasteiger partial charge in [0.05, 0.1) is 5.71 Å². The third-order valence-corrected chi connectivity index (χ3v) is 1.68. The number of aliphatic hydroxyl groups excluding tert-OH is 1. The molecule has 0 aliphatic carbocycles. The van der Waals surface area contributed by atoms with Crippen LogP contribution in [0.1, 0.15) is 41.0 Å². The van der Waals surface area contributed by atoms with Crippen molar-refractivity contribution in [2.75, 3.05) is 0 Å². The van der Waals surface area contributed by atoms with Crippen LogP contribution in [0.5, 0.6) is 0 Å². The number of hydrogen-bond acceptors (Lipinski definition) is 6. The minimum Gasteiger partial charge on any atom is -0.363 e. The lowest BCUT2D eigenvalue weighted by Crippen LogP contribution is -2.15. The normalized spacial score (nSPS) is 14.2. The van der Waals surface area contributed by atoms with Crippen LogP contribution in [-0.2, 0) is 0 Å². The molecule has 0 amide bonds. The fourth-order valence-corrected chi connectivity index (χ4v) is 0.842. The van der Waals surface area contributed by atoms with Gasteiger partial charge in [-0.05, 0) is 34.6 Å². The first-order valence-corrected chi connectivity index (χ1v) is 5.31. The SMILES string of the molecule is CC(C)=N/N=C(/C)C/C(C)=N/N=C(/C)C(O)O. The summed E-state index contributed by atoms with van der Waals surface area (Å²) >= 11 is 0. The summed E-state index contributed by atoms with van der Waals surface area (Å²) in [4.78, 5) is 0. The van der Waals surface area contributed by atoms with Crippen molar-refractivity contribution in [1.29, 1.82) is 0 Å². The molecular formula is C11H20N4O2. The van der Waals surface area contributed by atoms with Crippen LogP contribution in [0.3, 0.4) is 0 Å². The summed E-state index contributed by atoms with van der Waals surface area (Å²) < 4.78 is 0. The van der Waals surface area contributed by atoms with E-state index in [1.807, 2.05) is 20.8 Å². The smallest absolute Gasteiger partial charge is 0.193 e. The van der Waals surface area contributed by atoms with Gasteiger partial charge in [-0.15, -0.1) is 0 Å². The van der Waals surface area contributed by atoms with Crippen LogP contribution >= 0.6 is 0 Å². The van der Waals surface area contributed by atoms with Crippen LogP contribution in [0.15, 0.2) is 20.4 Å². The molecule has 96 valence electrons. The molecule has 0 unspecified atom stereocenters. The average Bonchev–Trinajstić information content (AvgIpc) is 2.22. The van der Waals surface area contributed by atoms with Crippen molar-refractivity contribution in [1.82, 2.24) is 0 Å². The predicted octanol–water partition coefficient (Wildman–Crippen LogP) is 1.38. The lowest BCUT2D eigenvalue weighted by Gasteiger charge is -2.00. The molecule has 0 aromatic heterocycles. The van der Waals surface area contributed by atoms with Crippen LogP contribution in [-0.4, -0.2) is 39.3 Å². The number of aliphatic hydroxyl groups is 2. The third-order valence-electron chi connectivity index (χ3n) is 1.68. The molecule has 0 aliphatic heterocycles. The van der Waals surface area contributed by atoms with Crippen molar-refractivity contribution in [2.24, 2.45) is 20.4 Å². The van der Waals surface area contributed by atoms with Gasteiger partial charge in [0.2, 0.25) is 0 Å². The van der Waals surface area contributed by atoms with Crippen molar-refractivity contribution in [2.45, 2.75) is 47.3 Å². The Balaban J connectivity index is 4.50. The first kappa shape index (κ1) is 15.6. The fourth-order valence-electron chi connectivity index (χ4n) is 0.842. The van der Waals surface area contributed by atoms with E-state index < -0.39 is 6.29 Å². The van der Waals surface area contributed by atoms with Crippen LogP contribution in [0, 0.1) is 0 Å². The first-order chi connectivity index (χ1) is 7.82. The summed E-state index contributed by atoms with van der Waals surface area (Å²) in [7, 11) is 0. The Morgan fingerprint density at radius 1 is 0.824 bits per heavy atom. The lowest BCUT2D eigenvalue weighted by molar-refractivity contribution is 0.0190. The first-order valence-electron chi connectivity index (χ1n) is 5.31. The Hall–Kier alpha value is -1.40. The maximum atomic E-state index is 8.77. The second-order valence-electron chi connectivity index (χ2n) is 4.01. The van der Waals surface area contributed by atoms with Gasteiger partial charge in [0.25, 0.3) is 0 Å². The molecule has 0 bridgehead atoms. The van der Waals surface area contributed by atoms with Crippen LogP contribution in [0.25, 0.3) is 0 Å². The molecule has 0 spiro atoms. The minimum absolute atomic E-state index is 0.154. The molecule has 0 atom stereocenters. The summed E-state index contributed by atoms with van der Waals surface area (Å²) in [6, 6.07) is 0. The molecule has 0 saturated heterocycles. The molecule has 2 N–H and O–H groups in total. The maximum Gasteiger partial charge on any atom is 0.193 e. The van der Waals surface area contributed by atoms with Crippen molar-refractivity contribution >= 4 is 22.8 Å². The second kappa shape index (κ2) is 7.81. The zero-order valence-electron chi connectivity index (χ0n) is 11.0. The standard InChI is InChI=1S/C11H20N4O2/c1-7(2)12-13-8(3)6-9(4)14-15-10(5)11(16)17/h11,16-17H,6H2,1-5H3/b13-8-,14-9+,15-10-. The van der Waals surface area contributed by atoms with Gasteiger partial charge < -0.3 is 10.2 Å². The Morgan fingerprint density at radius 3 is 1.71 bits per heavy atom. The molecule has 17 heavy (non-hydrogen) atoms. The molecule has 0 saturated carbocycles. The summed E-state index contributed by atoms with van der Waals surface area (Å²) in [6.07, 6.45) is -1.01. The monoisotopic (exact) mass is 240 g/mol. The van der Waals surface area contributed by atoms with E-state index in [0.29, 0.717) is 6.42 Å². The topological polar surface area (TPSA) is 89.9 Å². The van der Waals surface area contributed by atoms with Crippen molar-refractivity contribution in [3.05, 3.63) is 0 Å². The van der Waals surface area contributed by atoms with E-state index in [9.17, 15) is 0 Å². The predicted molar refractivity (Wildman–Crippen MR) is 71.0 cm³/mol. The van der Waals surface area contributed by atoms with E-state index in [0.717, 1.165) is 17.1 Å². The van der Waals surface area contributed by atoms with Gasteiger partial charge in [-0.25, -0.2) is 0 Å². The molecule has 6 heteroatoms. The van der Waals surface area contributed by atoms with Gasteiger partial charge in [0.15, 0.2) is 6.29 Å². The molecule has 0 aromatic rings. The van der Waals surface area contributed by atoms with Crippen LogP contribution in [0.2, 0.25) is 0 Å². The maximum absolute atomic E-state index is 8.77. The average molecular weight is 240 g/mol. The number of nitrogens with zero attached hydrogens (tertiary/aromatic N) is 4. The van der Waals surface area contributed by atoms with Gasteiger partial charge in [-0.2, -0.15) is 20.4 Å². The van der Waals surface area contributed by atoms with Crippen LogP contribution in [0.4, 0.5) is 0 Å². The summed E-state index contributed by atoms with van der Waals surface area (Å²) in [5.74, 6) is 0. The molecular weight excluding hydrogens is 220 g/mol. The molecule has 0 heterocycles. The third kappa shape index (κ3) is 8.41. The molecule has 0 rings (SSSR count). The Labute approximate surface area is 101 Å². The van der Waals surface area contributed by atoms with Crippen molar-refractivity contribution in [3.8, 4) is 0 Å². The summed E-state index contributed by atoms with van der Waals surface area (Å²) in [5, 5.41) is 33.0. The molecule has 0 fully saturated rings. The Kier molecular flexibility index (Phi) is 7.16. The zero-order valence-corrected chi connectivity index (χ0v) is 11.0. The van der Waals surface area contributed by atoms with E-state index in [2.05, 4.69) is 20.4 Å². The second-order valence-corrected chi connectivity index (χ2v) is 4.01. The van der Waals surface area contributed by atoms with E-state index >= 15 is 0 Å². The van der Waals surface area contributed by atoms with Gasteiger partial charge >= 0.3 is 0 Å². The zero-order chi connectivity index (χ0) is 13.4. The molecule has 6 nitrogen and oxygen atoms in total. The van der Waals surface area contributed by atoms with Crippen LogP contribution < -0.4 is 0 Å². The van der Waals surface area contributed by atoms with Gasteiger partial charge in [0, 0.05) is 23.6 Å². The largest absolute Gasteiger partial charge is 0.363 e. The minimum atomic E-state index is -1.56. The van der Waals surface area contributed by atoms with Crippen molar-refractivity contribution in [3.63, 3.8) is 0 Å².